The molecule has 0 saturated heterocycles. The molecule has 1 N–H and O–H groups in total. The normalized spacial score (nSPS) is 25.1. The Hall–Kier alpha value is -0.790. The van der Waals surface area contributed by atoms with Crippen LogP contribution in [0.15, 0.2) is 17.3 Å². The van der Waals surface area contributed by atoms with Crippen molar-refractivity contribution in [3.8, 4) is 0 Å². The van der Waals surface area contributed by atoms with E-state index in [1.165, 1.54) is 0 Å². The maximum atomic E-state index is 4.06. The lowest BCUT2D eigenvalue weighted by atomic mass is 10.2. The molecule has 0 saturated carbocycles. The number of allylic oxidation sites excluding steroid dienone is 1. The number of rotatable bonds is 1. The number of hydrazone groups is 1. The van der Waals surface area contributed by atoms with Gasteiger partial charge in [-0.2, -0.15) is 5.10 Å². The molecule has 0 aliphatic carbocycles. The van der Waals surface area contributed by atoms with Gasteiger partial charge in [-0.1, -0.05) is 13.0 Å². The van der Waals surface area contributed by atoms with Crippen molar-refractivity contribution in [1.29, 1.82) is 0 Å². The van der Waals surface area contributed by atoms with Gasteiger partial charge in [-0.3, -0.25) is 0 Å². The van der Waals surface area contributed by atoms with Crippen LogP contribution in [0.4, 0.5) is 0 Å². The summed E-state index contributed by atoms with van der Waals surface area (Å²) in [6.45, 7) is 4.12. The zero-order valence-corrected chi connectivity index (χ0v) is 5.89. The fourth-order valence-corrected chi connectivity index (χ4v) is 0.748. The predicted molar refractivity (Wildman–Crippen MR) is 39.5 cm³/mol. The second-order valence-electron chi connectivity index (χ2n) is 2.26. The van der Waals surface area contributed by atoms with E-state index >= 15 is 0 Å². The van der Waals surface area contributed by atoms with E-state index in [0.717, 1.165) is 12.1 Å². The molecule has 2 heteroatoms. The zero-order chi connectivity index (χ0) is 6.69. The Morgan fingerprint density at radius 2 is 2.56 bits per heavy atom. The third kappa shape index (κ3) is 1.56. The molecule has 0 radical (unpaired) electrons. The van der Waals surface area contributed by atoms with Gasteiger partial charge in [0, 0.05) is 0 Å². The molecule has 1 aliphatic rings. The Balaban J connectivity index is 2.48. The first-order valence-electron chi connectivity index (χ1n) is 3.31. The molecule has 50 valence electrons. The van der Waals surface area contributed by atoms with Crippen LogP contribution in [0.25, 0.3) is 0 Å². The molecule has 2 nitrogen and oxygen atoms in total. The molecule has 0 spiro atoms. The highest BCUT2D eigenvalue weighted by atomic mass is 15.3. The van der Waals surface area contributed by atoms with Crippen LogP contribution >= 0.6 is 0 Å². The average Bonchev–Trinajstić information content (AvgIpc) is 1.90. The van der Waals surface area contributed by atoms with Crippen LogP contribution in [0.2, 0.25) is 0 Å². The molecule has 0 aromatic carbocycles. The molecule has 9 heavy (non-hydrogen) atoms. The van der Waals surface area contributed by atoms with Gasteiger partial charge in [0.25, 0.3) is 0 Å². The quantitative estimate of drug-likeness (QED) is 0.559. The molecule has 1 atom stereocenters. The van der Waals surface area contributed by atoms with Crippen molar-refractivity contribution >= 4 is 5.71 Å². The van der Waals surface area contributed by atoms with Crippen LogP contribution in [-0.4, -0.2) is 11.8 Å². The lowest BCUT2D eigenvalue weighted by Crippen LogP contribution is -2.25. The van der Waals surface area contributed by atoms with E-state index in [9.17, 15) is 0 Å². The van der Waals surface area contributed by atoms with E-state index < -0.39 is 0 Å². The Morgan fingerprint density at radius 1 is 1.78 bits per heavy atom. The SMILES string of the molecule is CCC1C=CC(C)=NN1. The van der Waals surface area contributed by atoms with E-state index in [4.69, 9.17) is 0 Å². The Bertz CT molecular complexity index is 147. The van der Waals surface area contributed by atoms with Crippen molar-refractivity contribution in [2.75, 3.05) is 0 Å². The average molecular weight is 124 g/mol. The minimum Gasteiger partial charge on any atom is -0.303 e. The van der Waals surface area contributed by atoms with Crippen LogP contribution < -0.4 is 5.43 Å². The minimum absolute atomic E-state index is 0.452. The highest BCUT2D eigenvalue weighted by Gasteiger charge is 2.01. The number of nitrogens with one attached hydrogen (secondary N) is 1. The van der Waals surface area contributed by atoms with Gasteiger partial charge >= 0.3 is 0 Å². The molecular formula is C7H12N2. The largest absolute Gasteiger partial charge is 0.303 e. The summed E-state index contributed by atoms with van der Waals surface area (Å²) in [6, 6.07) is 0.452. The lowest BCUT2D eigenvalue weighted by molar-refractivity contribution is 0.600. The van der Waals surface area contributed by atoms with Gasteiger partial charge in [0.2, 0.25) is 0 Å². The van der Waals surface area contributed by atoms with Crippen LogP contribution in [0, 0.1) is 0 Å². The molecular weight excluding hydrogens is 112 g/mol. The fraction of sp³-hybridized carbons (Fsp3) is 0.571. The summed E-state index contributed by atoms with van der Waals surface area (Å²) in [4.78, 5) is 0. The summed E-state index contributed by atoms with van der Waals surface area (Å²) in [5.74, 6) is 0. The third-order valence-corrected chi connectivity index (χ3v) is 1.42. The number of hydrogen-bond donors (Lipinski definition) is 1. The van der Waals surface area contributed by atoms with Crippen molar-refractivity contribution in [2.45, 2.75) is 26.3 Å². The monoisotopic (exact) mass is 124 g/mol. The van der Waals surface area contributed by atoms with Crippen molar-refractivity contribution in [1.82, 2.24) is 5.43 Å². The first kappa shape index (κ1) is 6.33. The summed E-state index contributed by atoms with van der Waals surface area (Å²) in [5, 5.41) is 4.06. The second kappa shape index (κ2) is 2.67. The van der Waals surface area contributed by atoms with Gasteiger partial charge in [0.1, 0.15) is 0 Å². The molecule has 0 fully saturated rings. The van der Waals surface area contributed by atoms with E-state index in [0.29, 0.717) is 6.04 Å². The molecule has 1 heterocycles. The fourth-order valence-electron chi connectivity index (χ4n) is 0.748. The maximum Gasteiger partial charge on any atom is 0.0621 e. The first-order valence-corrected chi connectivity index (χ1v) is 3.31. The first-order chi connectivity index (χ1) is 4.33. The predicted octanol–water partition coefficient (Wildman–Crippen LogP) is 1.30. The van der Waals surface area contributed by atoms with Gasteiger partial charge in [-0.05, 0) is 19.4 Å². The molecule has 1 unspecified atom stereocenters. The maximum absolute atomic E-state index is 4.06. The summed E-state index contributed by atoms with van der Waals surface area (Å²) >= 11 is 0. The molecule has 0 aromatic rings. The van der Waals surface area contributed by atoms with E-state index in [-0.39, 0.29) is 0 Å². The van der Waals surface area contributed by atoms with Gasteiger partial charge in [-0.25, -0.2) is 0 Å². The van der Waals surface area contributed by atoms with Gasteiger partial charge in [0.05, 0.1) is 11.8 Å². The molecule has 0 aromatic heterocycles. The van der Waals surface area contributed by atoms with Crippen molar-refractivity contribution in [3.05, 3.63) is 12.2 Å². The Morgan fingerprint density at radius 3 is 3.00 bits per heavy atom. The number of hydrogen-bond acceptors (Lipinski definition) is 2. The molecule has 1 aliphatic heterocycles. The van der Waals surface area contributed by atoms with E-state index in [2.05, 4.69) is 23.5 Å². The molecule has 0 amide bonds. The van der Waals surface area contributed by atoms with Crippen LogP contribution in [0.1, 0.15) is 20.3 Å². The van der Waals surface area contributed by atoms with Gasteiger partial charge in [-0.15, -0.1) is 0 Å². The van der Waals surface area contributed by atoms with Crippen molar-refractivity contribution in [3.63, 3.8) is 0 Å². The highest BCUT2D eigenvalue weighted by Crippen LogP contribution is 1.98. The Labute approximate surface area is 55.6 Å². The molecule has 1 rings (SSSR count). The van der Waals surface area contributed by atoms with Crippen LogP contribution in [0.5, 0.6) is 0 Å². The van der Waals surface area contributed by atoms with Crippen molar-refractivity contribution < 1.29 is 0 Å². The highest BCUT2D eigenvalue weighted by molar-refractivity contribution is 5.93. The van der Waals surface area contributed by atoms with Gasteiger partial charge < -0.3 is 5.43 Å². The van der Waals surface area contributed by atoms with E-state index in [1.807, 2.05) is 13.0 Å². The van der Waals surface area contributed by atoms with Crippen molar-refractivity contribution in [2.24, 2.45) is 5.10 Å². The molecule has 0 bridgehead atoms. The standard InChI is InChI=1S/C7H12N2/c1-3-7-5-4-6(2)8-9-7/h4-5,7,9H,3H2,1-2H3. The van der Waals surface area contributed by atoms with Gasteiger partial charge in [0.15, 0.2) is 0 Å². The lowest BCUT2D eigenvalue weighted by Gasteiger charge is -2.13. The summed E-state index contributed by atoms with van der Waals surface area (Å²) in [6.07, 6.45) is 5.29. The van der Waals surface area contributed by atoms with E-state index in [1.54, 1.807) is 0 Å². The third-order valence-electron chi connectivity index (χ3n) is 1.42. The second-order valence-corrected chi connectivity index (χ2v) is 2.26. The topological polar surface area (TPSA) is 24.4 Å². The van der Waals surface area contributed by atoms with Crippen LogP contribution in [-0.2, 0) is 0 Å². The number of nitrogens with zero attached hydrogens (tertiary/aromatic N) is 1. The minimum atomic E-state index is 0.452. The smallest absolute Gasteiger partial charge is 0.0621 e. The summed E-state index contributed by atoms with van der Waals surface area (Å²) in [5.41, 5.74) is 4.07. The zero-order valence-electron chi connectivity index (χ0n) is 5.89. The Kier molecular flexibility index (Phi) is 1.88. The summed E-state index contributed by atoms with van der Waals surface area (Å²) < 4.78 is 0. The van der Waals surface area contributed by atoms with Crippen LogP contribution in [0.3, 0.4) is 0 Å². The summed E-state index contributed by atoms with van der Waals surface area (Å²) in [7, 11) is 0.